The maximum Gasteiger partial charge on any atom is 0.127 e. The molecule has 2 heterocycles. The summed E-state index contributed by atoms with van der Waals surface area (Å²) >= 11 is 0. The molecule has 2 saturated heterocycles. The highest BCUT2D eigenvalue weighted by molar-refractivity contribution is 5.60. The molecule has 1 unspecified atom stereocenters. The van der Waals surface area contributed by atoms with Gasteiger partial charge in [0.2, 0.25) is 0 Å². The van der Waals surface area contributed by atoms with Crippen LogP contribution in [-0.2, 0) is 9.53 Å². The van der Waals surface area contributed by atoms with E-state index in [1.54, 1.807) is 0 Å². The van der Waals surface area contributed by atoms with Gasteiger partial charge >= 0.3 is 0 Å². The van der Waals surface area contributed by atoms with Gasteiger partial charge in [0.05, 0.1) is 0 Å². The molecule has 0 N–H and O–H groups in total. The van der Waals surface area contributed by atoms with Crippen LogP contribution in [0.1, 0.15) is 25.7 Å². The van der Waals surface area contributed by atoms with Crippen LogP contribution in [0.2, 0.25) is 0 Å². The van der Waals surface area contributed by atoms with Crippen molar-refractivity contribution in [1.82, 2.24) is 9.80 Å². The second kappa shape index (κ2) is 6.13. The zero-order valence-electron chi connectivity index (χ0n) is 11.7. The molecule has 0 radical (unpaired) electrons. The van der Waals surface area contributed by atoms with E-state index in [4.69, 9.17) is 4.74 Å². The van der Waals surface area contributed by atoms with E-state index in [0.717, 1.165) is 39.1 Å². The molecule has 104 valence electrons. The second-order valence-electron chi connectivity index (χ2n) is 6.07. The number of ether oxygens (including phenoxy) is 1. The number of hydrogen-bond donors (Lipinski definition) is 0. The minimum Gasteiger partial charge on any atom is -0.381 e. The molecule has 2 fully saturated rings. The van der Waals surface area contributed by atoms with Crippen molar-refractivity contribution in [2.24, 2.45) is 5.41 Å². The maximum absolute atomic E-state index is 11.4. The number of carbonyl (C=O) groups is 1. The summed E-state index contributed by atoms with van der Waals surface area (Å²) in [6.07, 6.45) is 5.52. The van der Waals surface area contributed by atoms with Gasteiger partial charge in [-0.1, -0.05) is 0 Å². The Morgan fingerprint density at radius 2 is 2.17 bits per heavy atom. The number of nitrogens with zero attached hydrogens (tertiary/aromatic N) is 2. The minimum atomic E-state index is -0.163. The van der Waals surface area contributed by atoms with Crippen LogP contribution in [0.15, 0.2) is 0 Å². The third kappa shape index (κ3) is 3.31. The quantitative estimate of drug-likeness (QED) is 0.686. The molecule has 2 aliphatic heterocycles. The molecular weight excluding hydrogens is 228 g/mol. The predicted octanol–water partition coefficient (Wildman–Crippen LogP) is 1.01. The van der Waals surface area contributed by atoms with Gasteiger partial charge in [-0.05, 0) is 46.3 Å². The van der Waals surface area contributed by atoms with E-state index >= 15 is 0 Å². The summed E-state index contributed by atoms with van der Waals surface area (Å²) in [5.74, 6) is 0. The Morgan fingerprint density at radius 1 is 1.44 bits per heavy atom. The molecule has 1 atom stereocenters. The summed E-state index contributed by atoms with van der Waals surface area (Å²) in [5.41, 5.74) is -0.163. The van der Waals surface area contributed by atoms with Gasteiger partial charge in [0.25, 0.3) is 0 Å². The minimum absolute atomic E-state index is 0.163. The molecule has 0 aliphatic carbocycles. The number of aldehydes is 1. The van der Waals surface area contributed by atoms with Gasteiger partial charge in [-0.3, -0.25) is 0 Å². The molecule has 2 rings (SSSR count). The normalized spacial score (nSPS) is 28.7. The third-order valence-electron chi connectivity index (χ3n) is 4.52. The van der Waals surface area contributed by atoms with Crippen LogP contribution in [0.3, 0.4) is 0 Å². The summed E-state index contributed by atoms with van der Waals surface area (Å²) in [6.45, 7) is 4.63. The summed E-state index contributed by atoms with van der Waals surface area (Å²) in [4.78, 5) is 16.2. The molecule has 0 aromatic heterocycles. The number of rotatable bonds is 5. The lowest BCUT2D eigenvalue weighted by molar-refractivity contribution is -0.122. The molecule has 0 bridgehead atoms. The van der Waals surface area contributed by atoms with Crippen molar-refractivity contribution in [2.75, 3.05) is 46.9 Å². The predicted molar refractivity (Wildman–Crippen MR) is 71.7 cm³/mol. The van der Waals surface area contributed by atoms with Gasteiger partial charge in [-0.2, -0.15) is 0 Å². The van der Waals surface area contributed by atoms with Crippen LogP contribution in [0.4, 0.5) is 0 Å². The van der Waals surface area contributed by atoms with Crippen LogP contribution in [0.25, 0.3) is 0 Å². The summed E-state index contributed by atoms with van der Waals surface area (Å²) in [5, 5.41) is 0. The van der Waals surface area contributed by atoms with Gasteiger partial charge in [-0.25, -0.2) is 0 Å². The standard InChI is InChI=1S/C14H26N2O2/c1-15(10-13-4-3-7-16(13)2)11-14(12-17)5-8-18-9-6-14/h12-13H,3-11H2,1-2H3. The second-order valence-corrected chi connectivity index (χ2v) is 6.07. The van der Waals surface area contributed by atoms with E-state index < -0.39 is 0 Å². The zero-order valence-corrected chi connectivity index (χ0v) is 11.7. The number of carbonyl (C=O) groups excluding carboxylic acids is 1. The highest BCUT2D eigenvalue weighted by Crippen LogP contribution is 2.29. The van der Waals surface area contributed by atoms with E-state index in [-0.39, 0.29) is 5.41 Å². The topological polar surface area (TPSA) is 32.8 Å². The van der Waals surface area contributed by atoms with Crippen molar-refractivity contribution in [3.8, 4) is 0 Å². The lowest BCUT2D eigenvalue weighted by Gasteiger charge is -2.36. The fraction of sp³-hybridized carbons (Fsp3) is 0.929. The molecule has 0 saturated carbocycles. The van der Waals surface area contributed by atoms with Gasteiger partial charge in [0.1, 0.15) is 6.29 Å². The lowest BCUT2D eigenvalue weighted by Crippen LogP contribution is -2.45. The number of hydrogen-bond acceptors (Lipinski definition) is 4. The van der Waals surface area contributed by atoms with Crippen LogP contribution in [0.5, 0.6) is 0 Å². The molecular formula is C14H26N2O2. The van der Waals surface area contributed by atoms with Crippen molar-refractivity contribution < 1.29 is 9.53 Å². The van der Waals surface area contributed by atoms with E-state index in [2.05, 4.69) is 23.9 Å². The van der Waals surface area contributed by atoms with Gasteiger partial charge < -0.3 is 19.3 Å². The smallest absolute Gasteiger partial charge is 0.127 e. The van der Waals surface area contributed by atoms with Crippen LogP contribution in [0, 0.1) is 5.41 Å². The molecule has 0 amide bonds. The molecule has 2 aliphatic rings. The Bertz CT molecular complexity index is 277. The molecule has 18 heavy (non-hydrogen) atoms. The number of likely N-dealkylation sites (tertiary alicyclic amines) is 1. The van der Waals surface area contributed by atoms with E-state index in [9.17, 15) is 4.79 Å². The lowest BCUT2D eigenvalue weighted by atomic mass is 9.81. The average molecular weight is 254 g/mol. The average Bonchev–Trinajstić information content (AvgIpc) is 2.76. The van der Waals surface area contributed by atoms with E-state index in [1.165, 1.54) is 25.7 Å². The first-order valence-electron chi connectivity index (χ1n) is 7.08. The Kier molecular flexibility index (Phi) is 4.76. The van der Waals surface area contributed by atoms with Crippen LogP contribution >= 0.6 is 0 Å². The Balaban J connectivity index is 1.85. The Labute approximate surface area is 110 Å². The first kappa shape index (κ1) is 14.0. The van der Waals surface area contributed by atoms with Gasteiger partial charge in [-0.15, -0.1) is 0 Å². The highest BCUT2D eigenvalue weighted by Gasteiger charge is 2.34. The third-order valence-corrected chi connectivity index (χ3v) is 4.52. The monoisotopic (exact) mass is 254 g/mol. The SMILES string of the molecule is CN(CC1CCCN1C)CC1(C=O)CCOCC1. The summed E-state index contributed by atoms with van der Waals surface area (Å²) in [7, 11) is 4.35. The summed E-state index contributed by atoms with van der Waals surface area (Å²) in [6, 6.07) is 0.665. The molecule has 0 aromatic rings. The molecule has 0 aromatic carbocycles. The Morgan fingerprint density at radius 3 is 2.72 bits per heavy atom. The Hall–Kier alpha value is -0.450. The molecule has 4 nitrogen and oxygen atoms in total. The van der Waals surface area contributed by atoms with Crippen molar-refractivity contribution in [2.45, 2.75) is 31.7 Å². The fourth-order valence-corrected chi connectivity index (χ4v) is 3.26. The van der Waals surface area contributed by atoms with Crippen molar-refractivity contribution in [3.05, 3.63) is 0 Å². The highest BCUT2D eigenvalue weighted by atomic mass is 16.5. The fourth-order valence-electron chi connectivity index (χ4n) is 3.26. The first-order chi connectivity index (χ1) is 8.65. The number of likely N-dealkylation sites (N-methyl/N-ethyl adjacent to an activating group) is 2. The first-order valence-corrected chi connectivity index (χ1v) is 7.08. The molecule has 0 spiro atoms. The summed E-state index contributed by atoms with van der Waals surface area (Å²) < 4.78 is 5.37. The molecule has 4 heteroatoms. The van der Waals surface area contributed by atoms with Gasteiger partial charge in [0.15, 0.2) is 0 Å². The largest absolute Gasteiger partial charge is 0.381 e. The van der Waals surface area contributed by atoms with E-state index in [0.29, 0.717) is 6.04 Å². The maximum atomic E-state index is 11.4. The van der Waals surface area contributed by atoms with Crippen LogP contribution in [-0.4, -0.2) is 69.1 Å². The van der Waals surface area contributed by atoms with Crippen molar-refractivity contribution in [3.63, 3.8) is 0 Å². The van der Waals surface area contributed by atoms with Crippen LogP contribution < -0.4 is 0 Å². The van der Waals surface area contributed by atoms with Crippen molar-refractivity contribution >= 4 is 6.29 Å². The van der Waals surface area contributed by atoms with Gasteiger partial charge in [0, 0.05) is 37.8 Å². The zero-order chi connectivity index (χ0) is 13.0. The van der Waals surface area contributed by atoms with E-state index in [1.807, 2.05) is 0 Å². The van der Waals surface area contributed by atoms with Crippen molar-refractivity contribution in [1.29, 1.82) is 0 Å².